The first kappa shape index (κ1) is 11.2. The van der Waals surface area contributed by atoms with Crippen LogP contribution in [-0.2, 0) is 0 Å². The van der Waals surface area contributed by atoms with E-state index < -0.39 is 10.7 Å². The van der Waals surface area contributed by atoms with E-state index in [0.29, 0.717) is 22.0 Å². The van der Waals surface area contributed by atoms with Gasteiger partial charge >= 0.3 is 0 Å². The Morgan fingerprint density at radius 3 is 2.88 bits per heavy atom. The lowest BCUT2D eigenvalue weighted by Gasteiger charge is -1.90. The quantitative estimate of drug-likeness (QED) is 0.482. The summed E-state index contributed by atoms with van der Waals surface area (Å²) in [6.45, 7) is 0. The molecule has 4 nitrogen and oxygen atoms in total. The van der Waals surface area contributed by atoms with Crippen LogP contribution in [0.25, 0.3) is 10.2 Å². The summed E-state index contributed by atoms with van der Waals surface area (Å²) >= 11 is 1.44. The normalized spacial score (nSPS) is 11.2. The Balaban J connectivity index is 2.42. The van der Waals surface area contributed by atoms with Gasteiger partial charge in [-0.15, -0.1) is 11.3 Å². The Morgan fingerprint density at radius 2 is 2.25 bits per heavy atom. The van der Waals surface area contributed by atoms with Crippen LogP contribution < -0.4 is 0 Å². The highest BCUT2D eigenvalue weighted by molar-refractivity contribution is 8.01. The molecule has 0 aliphatic rings. The second-order valence-electron chi connectivity index (χ2n) is 2.77. The molecule has 1 aromatic heterocycles. The fourth-order valence-corrected chi connectivity index (χ4v) is 2.80. The summed E-state index contributed by atoms with van der Waals surface area (Å²) in [5, 5.41) is 10.5. The molecule has 2 rings (SSSR count). The van der Waals surface area contributed by atoms with Crippen molar-refractivity contribution in [3.8, 4) is 0 Å². The number of thiazole rings is 1. The van der Waals surface area contributed by atoms with Crippen molar-refractivity contribution in [2.24, 2.45) is 0 Å². The van der Waals surface area contributed by atoms with Gasteiger partial charge in [0, 0.05) is 12.1 Å². The molecule has 0 aliphatic carbocycles. The third-order valence-electron chi connectivity index (χ3n) is 1.75. The Hall–Kier alpha value is -1.28. The number of thioether (sulfide) groups is 1. The molecule has 0 radical (unpaired) electrons. The highest BCUT2D eigenvalue weighted by Crippen LogP contribution is 2.34. The monoisotopic (exact) mass is 262 g/mol. The highest BCUT2D eigenvalue weighted by Gasteiger charge is 2.13. The van der Waals surface area contributed by atoms with Gasteiger partial charge in [-0.05, 0) is 17.8 Å². The number of fused-ring (bicyclic) bond motifs is 1. The van der Waals surface area contributed by atoms with E-state index >= 15 is 0 Å². The summed E-state index contributed by atoms with van der Waals surface area (Å²) in [6.07, 6.45) is 0. The van der Waals surface area contributed by atoms with Crippen molar-refractivity contribution in [2.75, 3.05) is 0 Å². The Bertz CT molecular complexity index is 544. The Labute approximate surface area is 96.4 Å². The molecule has 1 heterocycles. The van der Waals surface area contributed by atoms with E-state index in [9.17, 15) is 18.9 Å². The van der Waals surface area contributed by atoms with Crippen molar-refractivity contribution >= 4 is 39.0 Å². The molecule has 8 heteroatoms. The average molecular weight is 262 g/mol. The van der Waals surface area contributed by atoms with Crippen LogP contribution in [0.4, 0.5) is 14.5 Å². The number of hydrogen-bond acceptors (Lipinski definition) is 5. The summed E-state index contributed by atoms with van der Waals surface area (Å²) in [6, 6.07) is 4.12. The zero-order valence-corrected chi connectivity index (χ0v) is 9.23. The van der Waals surface area contributed by atoms with Crippen LogP contribution in [0, 0.1) is 10.1 Å². The first-order valence-electron chi connectivity index (χ1n) is 4.06. The molecule has 1 aromatic carbocycles. The molecule has 16 heavy (non-hydrogen) atoms. The van der Waals surface area contributed by atoms with Gasteiger partial charge in [-0.25, -0.2) is 4.98 Å². The van der Waals surface area contributed by atoms with Gasteiger partial charge < -0.3 is 0 Å². The van der Waals surface area contributed by atoms with Crippen LogP contribution in [0.1, 0.15) is 0 Å². The highest BCUT2D eigenvalue weighted by atomic mass is 32.2. The summed E-state index contributed by atoms with van der Waals surface area (Å²) in [7, 11) is 0. The number of aromatic nitrogens is 1. The second-order valence-corrected chi connectivity index (χ2v) is 5.04. The lowest BCUT2D eigenvalue weighted by molar-refractivity contribution is -0.384. The van der Waals surface area contributed by atoms with Crippen molar-refractivity contribution in [3.05, 3.63) is 28.3 Å². The standard InChI is InChI=1S/C8H4F2N2O2S2/c9-7(10)16-8-11-5-3-4(12(13)14)1-2-6(5)15-8/h1-3,7H. The van der Waals surface area contributed by atoms with Gasteiger partial charge in [-0.2, -0.15) is 8.78 Å². The minimum Gasteiger partial charge on any atom is -0.258 e. The number of rotatable bonds is 3. The lowest BCUT2D eigenvalue weighted by Crippen LogP contribution is -1.86. The van der Waals surface area contributed by atoms with Gasteiger partial charge in [0.25, 0.3) is 11.4 Å². The largest absolute Gasteiger partial charge is 0.291 e. The Morgan fingerprint density at radius 1 is 1.50 bits per heavy atom. The van der Waals surface area contributed by atoms with E-state index in [1.807, 2.05) is 0 Å². The topological polar surface area (TPSA) is 56.0 Å². The number of nitro groups is 1. The van der Waals surface area contributed by atoms with Crippen LogP contribution in [0.2, 0.25) is 0 Å². The number of hydrogen-bond donors (Lipinski definition) is 0. The fraction of sp³-hybridized carbons (Fsp3) is 0.125. The van der Waals surface area contributed by atoms with E-state index in [4.69, 9.17) is 0 Å². The zero-order valence-electron chi connectivity index (χ0n) is 7.59. The van der Waals surface area contributed by atoms with Crippen molar-refractivity contribution in [1.82, 2.24) is 4.98 Å². The van der Waals surface area contributed by atoms with Crippen LogP contribution in [-0.4, -0.2) is 15.7 Å². The minimum absolute atomic E-state index is 0.0913. The molecule has 0 saturated carbocycles. The van der Waals surface area contributed by atoms with Gasteiger partial charge in [-0.3, -0.25) is 10.1 Å². The number of non-ortho nitro benzene ring substituents is 1. The van der Waals surface area contributed by atoms with Crippen LogP contribution in [0.15, 0.2) is 22.5 Å². The molecule has 0 fully saturated rings. The van der Waals surface area contributed by atoms with E-state index in [1.54, 1.807) is 0 Å². The number of nitrogens with zero attached hydrogens (tertiary/aromatic N) is 2. The molecule has 0 amide bonds. The summed E-state index contributed by atoms with van der Waals surface area (Å²) in [5.74, 6) is -2.53. The summed E-state index contributed by atoms with van der Waals surface area (Å²) < 4.78 is 25.0. The van der Waals surface area contributed by atoms with Crippen molar-refractivity contribution < 1.29 is 13.7 Å². The SMILES string of the molecule is O=[N+]([O-])c1ccc2sc(SC(F)F)nc2c1. The van der Waals surface area contributed by atoms with Gasteiger partial charge in [0.05, 0.1) is 15.1 Å². The van der Waals surface area contributed by atoms with Gasteiger partial charge in [0.15, 0.2) is 4.34 Å². The summed E-state index contributed by atoms with van der Waals surface area (Å²) in [4.78, 5) is 13.8. The van der Waals surface area contributed by atoms with Crippen LogP contribution >= 0.6 is 23.1 Å². The predicted molar refractivity (Wildman–Crippen MR) is 58.1 cm³/mol. The third-order valence-corrected chi connectivity index (χ3v) is 3.59. The third kappa shape index (κ3) is 2.27. The molecule has 0 unspecified atom stereocenters. The maximum atomic E-state index is 12.1. The molecule has 0 spiro atoms. The van der Waals surface area contributed by atoms with Gasteiger partial charge in [0.2, 0.25) is 0 Å². The summed E-state index contributed by atoms with van der Waals surface area (Å²) in [5.41, 5.74) is 0.286. The molecule has 0 bridgehead atoms. The smallest absolute Gasteiger partial charge is 0.258 e. The van der Waals surface area contributed by atoms with Gasteiger partial charge in [0.1, 0.15) is 0 Å². The molecular formula is C8H4F2N2O2S2. The van der Waals surface area contributed by atoms with Crippen molar-refractivity contribution in [3.63, 3.8) is 0 Å². The van der Waals surface area contributed by atoms with Gasteiger partial charge in [-0.1, -0.05) is 0 Å². The molecule has 0 N–H and O–H groups in total. The maximum Gasteiger partial charge on any atom is 0.291 e. The van der Waals surface area contributed by atoms with E-state index in [2.05, 4.69) is 4.98 Å². The Kier molecular flexibility index (Phi) is 3.01. The second kappa shape index (κ2) is 4.30. The number of alkyl halides is 2. The van der Waals surface area contributed by atoms with E-state index in [1.165, 1.54) is 18.2 Å². The molecular weight excluding hydrogens is 258 g/mol. The molecule has 84 valence electrons. The molecule has 0 saturated heterocycles. The van der Waals surface area contributed by atoms with Crippen LogP contribution in [0.5, 0.6) is 0 Å². The fourth-order valence-electron chi connectivity index (χ4n) is 1.13. The zero-order chi connectivity index (χ0) is 11.7. The maximum absolute atomic E-state index is 12.1. The number of nitro benzene ring substituents is 1. The minimum atomic E-state index is -2.53. The van der Waals surface area contributed by atoms with Crippen molar-refractivity contribution in [1.29, 1.82) is 0 Å². The van der Waals surface area contributed by atoms with E-state index in [0.717, 1.165) is 11.3 Å². The first-order chi connectivity index (χ1) is 7.56. The van der Waals surface area contributed by atoms with E-state index in [-0.39, 0.29) is 10.0 Å². The molecule has 0 aliphatic heterocycles. The average Bonchev–Trinajstić information content (AvgIpc) is 2.56. The number of benzene rings is 1. The van der Waals surface area contributed by atoms with Crippen molar-refractivity contribution in [2.45, 2.75) is 10.1 Å². The predicted octanol–water partition coefficient (Wildman–Crippen LogP) is 3.52. The first-order valence-corrected chi connectivity index (χ1v) is 5.75. The number of halogens is 2. The molecule has 0 atom stereocenters. The molecule has 2 aromatic rings. The lowest BCUT2D eigenvalue weighted by atomic mass is 10.3. The van der Waals surface area contributed by atoms with Crippen LogP contribution in [0.3, 0.4) is 0 Å².